The van der Waals surface area contributed by atoms with Crippen molar-refractivity contribution in [2.24, 2.45) is 11.1 Å². The summed E-state index contributed by atoms with van der Waals surface area (Å²) in [6.45, 7) is 7.04. The van der Waals surface area contributed by atoms with E-state index in [9.17, 15) is 0 Å². The zero-order chi connectivity index (χ0) is 13.6. The molecule has 0 aliphatic heterocycles. The number of nitrogens with zero attached hydrogens (tertiary/aromatic N) is 1. The molecule has 0 saturated heterocycles. The number of rotatable bonds is 6. The normalized spacial score (nSPS) is 11.1. The molecule has 1 aromatic rings. The number of ether oxygens (including phenoxy) is 1. The summed E-state index contributed by atoms with van der Waals surface area (Å²) in [5.74, 6) is 0.898. The summed E-state index contributed by atoms with van der Waals surface area (Å²) in [5.41, 5.74) is 7.56. The van der Waals surface area contributed by atoms with Gasteiger partial charge in [0.15, 0.2) is 0 Å². The fourth-order valence-corrected chi connectivity index (χ4v) is 1.82. The zero-order valence-corrected chi connectivity index (χ0v) is 11.5. The summed E-state index contributed by atoms with van der Waals surface area (Å²) in [6.07, 6.45) is 1.71. The molecule has 1 rings (SSSR count). The average molecular weight is 246 g/mol. The van der Waals surface area contributed by atoms with Gasteiger partial charge < -0.3 is 10.5 Å². The second-order valence-electron chi connectivity index (χ2n) is 5.21. The van der Waals surface area contributed by atoms with E-state index < -0.39 is 0 Å². The van der Waals surface area contributed by atoms with E-state index in [0.29, 0.717) is 13.2 Å². The fourth-order valence-electron chi connectivity index (χ4n) is 1.82. The second-order valence-corrected chi connectivity index (χ2v) is 5.21. The Balaban J connectivity index is 2.52. The third-order valence-corrected chi connectivity index (χ3v) is 3.01. The lowest BCUT2D eigenvalue weighted by Gasteiger charge is -2.16. The van der Waals surface area contributed by atoms with Crippen LogP contribution in [0.3, 0.4) is 0 Å². The van der Waals surface area contributed by atoms with E-state index in [0.717, 1.165) is 29.7 Å². The molecule has 3 nitrogen and oxygen atoms in total. The molecular formula is C15H22N2O. The molecule has 98 valence electrons. The molecule has 1 aromatic carbocycles. The lowest BCUT2D eigenvalue weighted by molar-refractivity contribution is 0.280. The minimum Gasteiger partial charge on any atom is -0.493 e. The lowest BCUT2D eigenvalue weighted by Crippen LogP contribution is -2.11. The highest BCUT2D eigenvalue weighted by Crippen LogP contribution is 2.25. The average Bonchev–Trinajstić information content (AvgIpc) is 2.36. The van der Waals surface area contributed by atoms with Gasteiger partial charge in [-0.25, -0.2) is 0 Å². The summed E-state index contributed by atoms with van der Waals surface area (Å²) in [7, 11) is 0. The van der Waals surface area contributed by atoms with Gasteiger partial charge in [0.05, 0.1) is 18.1 Å². The Morgan fingerprint density at radius 3 is 2.72 bits per heavy atom. The summed E-state index contributed by atoms with van der Waals surface area (Å²) in [6, 6.07) is 8.30. The number of nitrogens with two attached hydrogens (primary N) is 1. The predicted molar refractivity (Wildman–Crippen MR) is 73.2 cm³/mol. The number of nitriles is 1. The van der Waals surface area contributed by atoms with Crippen LogP contribution < -0.4 is 10.5 Å². The van der Waals surface area contributed by atoms with E-state index in [1.54, 1.807) is 0 Å². The first-order valence-corrected chi connectivity index (χ1v) is 6.33. The fraction of sp³-hybridized carbons (Fsp3) is 0.533. The maximum absolute atomic E-state index is 8.93. The number of hydrogen-bond acceptors (Lipinski definition) is 3. The smallest absolute Gasteiger partial charge is 0.126 e. The van der Waals surface area contributed by atoms with Gasteiger partial charge in [0.25, 0.3) is 0 Å². The monoisotopic (exact) mass is 246 g/mol. The van der Waals surface area contributed by atoms with Crippen LogP contribution in [-0.2, 0) is 6.54 Å². The molecule has 2 N–H and O–H groups in total. The van der Waals surface area contributed by atoms with Crippen LogP contribution in [0.15, 0.2) is 18.2 Å². The van der Waals surface area contributed by atoms with E-state index in [1.807, 2.05) is 39.0 Å². The maximum atomic E-state index is 8.93. The van der Waals surface area contributed by atoms with Crippen LogP contribution in [0.4, 0.5) is 0 Å². The minimum atomic E-state index is -0.272. The summed E-state index contributed by atoms with van der Waals surface area (Å²) >= 11 is 0. The number of para-hydroxylation sites is 1. The van der Waals surface area contributed by atoms with E-state index in [1.165, 1.54) is 0 Å². The van der Waals surface area contributed by atoms with Gasteiger partial charge in [-0.05, 0) is 39.2 Å². The van der Waals surface area contributed by atoms with Gasteiger partial charge in [-0.15, -0.1) is 0 Å². The van der Waals surface area contributed by atoms with Crippen molar-refractivity contribution in [3.63, 3.8) is 0 Å². The van der Waals surface area contributed by atoms with Crippen LogP contribution >= 0.6 is 0 Å². The SMILES string of the molecule is Cc1cccc(CN)c1OCCCC(C)(C)C#N. The Kier molecular flexibility index (Phi) is 5.18. The molecule has 0 amide bonds. The number of aryl methyl sites for hydroxylation is 1. The van der Waals surface area contributed by atoms with Crippen LogP contribution in [0.5, 0.6) is 5.75 Å². The molecule has 0 radical (unpaired) electrons. The summed E-state index contributed by atoms with van der Waals surface area (Å²) in [5, 5.41) is 8.93. The van der Waals surface area contributed by atoms with Gasteiger partial charge in [0.2, 0.25) is 0 Å². The number of benzene rings is 1. The molecule has 0 aliphatic rings. The topological polar surface area (TPSA) is 59.0 Å². The second kappa shape index (κ2) is 6.42. The molecule has 0 spiro atoms. The van der Waals surface area contributed by atoms with Crippen molar-refractivity contribution >= 4 is 0 Å². The van der Waals surface area contributed by atoms with Crippen molar-refractivity contribution in [3.8, 4) is 11.8 Å². The van der Waals surface area contributed by atoms with Crippen molar-refractivity contribution in [2.45, 2.75) is 40.2 Å². The van der Waals surface area contributed by atoms with Gasteiger partial charge >= 0.3 is 0 Å². The summed E-state index contributed by atoms with van der Waals surface area (Å²) in [4.78, 5) is 0. The first kappa shape index (κ1) is 14.5. The molecule has 0 aromatic heterocycles. The molecular weight excluding hydrogens is 224 g/mol. The quantitative estimate of drug-likeness (QED) is 0.784. The largest absolute Gasteiger partial charge is 0.493 e. The molecule has 0 unspecified atom stereocenters. The van der Waals surface area contributed by atoms with E-state index in [2.05, 4.69) is 6.07 Å². The molecule has 0 fully saturated rings. The highest BCUT2D eigenvalue weighted by Gasteiger charge is 2.16. The molecule has 0 atom stereocenters. The van der Waals surface area contributed by atoms with Crippen molar-refractivity contribution < 1.29 is 4.74 Å². The maximum Gasteiger partial charge on any atom is 0.126 e. The standard InChI is InChI=1S/C15H22N2O/c1-12-6-4-7-13(10-16)14(12)18-9-5-8-15(2,3)11-17/h4,6-7H,5,8-10,16H2,1-3H3. The molecule has 3 heteroatoms. The Hall–Kier alpha value is -1.53. The predicted octanol–water partition coefficient (Wildman–Crippen LogP) is 3.16. The Morgan fingerprint density at radius 1 is 1.39 bits per heavy atom. The van der Waals surface area contributed by atoms with Crippen molar-refractivity contribution in [1.82, 2.24) is 0 Å². The van der Waals surface area contributed by atoms with Gasteiger partial charge in [0, 0.05) is 12.1 Å². The lowest BCUT2D eigenvalue weighted by atomic mass is 9.90. The van der Waals surface area contributed by atoms with Gasteiger partial charge in [-0.1, -0.05) is 18.2 Å². The first-order chi connectivity index (χ1) is 8.50. The van der Waals surface area contributed by atoms with E-state index in [-0.39, 0.29) is 5.41 Å². The Bertz CT molecular complexity index is 433. The Morgan fingerprint density at radius 2 is 2.11 bits per heavy atom. The van der Waals surface area contributed by atoms with Gasteiger partial charge in [0.1, 0.15) is 5.75 Å². The third-order valence-electron chi connectivity index (χ3n) is 3.01. The van der Waals surface area contributed by atoms with Crippen LogP contribution in [0, 0.1) is 23.7 Å². The van der Waals surface area contributed by atoms with Gasteiger partial charge in [-0.3, -0.25) is 0 Å². The van der Waals surface area contributed by atoms with Crippen molar-refractivity contribution in [1.29, 1.82) is 5.26 Å². The highest BCUT2D eigenvalue weighted by atomic mass is 16.5. The van der Waals surface area contributed by atoms with Crippen LogP contribution in [0.1, 0.15) is 37.8 Å². The number of hydrogen-bond donors (Lipinski definition) is 1. The minimum absolute atomic E-state index is 0.272. The highest BCUT2D eigenvalue weighted by molar-refractivity contribution is 5.40. The molecule has 0 bridgehead atoms. The van der Waals surface area contributed by atoms with Crippen LogP contribution in [-0.4, -0.2) is 6.61 Å². The van der Waals surface area contributed by atoms with E-state index >= 15 is 0 Å². The summed E-state index contributed by atoms with van der Waals surface area (Å²) < 4.78 is 5.81. The van der Waals surface area contributed by atoms with Gasteiger partial charge in [-0.2, -0.15) is 5.26 Å². The van der Waals surface area contributed by atoms with Crippen LogP contribution in [0.25, 0.3) is 0 Å². The van der Waals surface area contributed by atoms with E-state index in [4.69, 9.17) is 15.7 Å². The van der Waals surface area contributed by atoms with Crippen LogP contribution in [0.2, 0.25) is 0 Å². The molecule has 18 heavy (non-hydrogen) atoms. The Labute approximate surface area is 110 Å². The third kappa shape index (κ3) is 4.05. The van der Waals surface area contributed by atoms with Crippen molar-refractivity contribution in [2.75, 3.05) is 6.61 Å². The zero-order valence-electron chi connectivity index (χ0n) is 11.5. The van der Waals surface area contributed by atoms with Crippen molar-refractivity contribution in [3.05, 3.63) is 29.3 Å². The first-order valence-electron chi connectivity index (χ1n) is 6.33. The molecule has 0 heterocycles. The molecule has 0 aliphatic carbocycles. The molecule has 0 saturated carbocycles.